The number of rotatable bonds is 5. The molecule has 20 heavy (non-hydrogen) atoms. The van der Waals surface area contributed by atoms with Crippen molar-refractivity contribution in [1.29, 1.82) is 0 Å². The van der Waals surface area contributed by atoms with E-state index >= 15 is 0 Å². The molecule has 0 spiro atoms. The van der Waals surface area contributed by atoms with Gasteiger partial charge < -0.3 is 20.4 Å². The molecule has 0 aromatic heterocycles. The average molecular weight is 345 g/mol. The fraction of sp³-hybridized carbons (Fsp3) is 0.385. The summed E-state index contributed by atoms with van der Waals surface area (Å²) in [5, 5.41) is 20.5. The van der Waals surface area contributed by atoms with E-state index in [0.717, 1.165) is 0 Å². The lowest BCUT2D eigenvalue weighted by Gasteiger charge is -2.26. The van der Waals surface area contributed by atoms with Crippen LogP contribution in [0.2, 0.25) is 0 Å². The molecule has 1 aromatic carbocycles. The van der Waals surface area contributed by atoms with Crippen LogP contribution in [-0.4, -0.2) is 46.3 Å². The number of carboxylic acids is 1. The van der Waals surface area contributed by atoms with Crippen molar-refractivity contribution >= 4 is 33.6 Å². The van der Waals surface area contributed by atoms with E-state index in [1.54, 1.807) is 6.07 Å². The van der Waals surface area contributed by atoms with Gasteiger partial charge in [0.25, 0.3) is 0 Å². The van der Waals surface area contributed by atoms with Crippen LogP contribution in [-0.2, 0) is 0 Å². The summed E-state index contributed by atoms with van der Waals surface area (Å²) in [6.07, 6.45) is 0. The number of benzene rings is 1. The lowest BCUT2D eigenvalue weighted by atomic mass is 10.2. The van der Waals surface area contributed by atoms with E-state index in [1.807, 2.05) is 13.8 Å². The summed E-state index contributed by atoms with van der Waals surface area (Å²) in [4.78, 5) is 24.5. The van der Waals surface area contributed by atoms with Gasteiger partial charge in [-0.05, 0) is 48.0 Å². The van der Waals surface area contributed by atoms with Crippen molar-refractivity contribution < 1.29 is 19.8 Å². The van der Waals surface area contributed by atoms with Crippen molar-refractivity contribution in [3.05, 3.63) is 28.2 Å². The lowest BCUT2D eigenvalue weighted by Crippen LogP contribution is -2.41. The molecule has 0 unspecified atom stereocenters. The van der Waals surface area contributed by atoms with Gasteiger partial charge >= 0.3 is 12.0 Å². The van der Waals surface area contributed by atoms with E-state index < -0.39 is 12.0 Å². The molecule has 0 bridgehead atoms. The van der Waals surface area contributed by atoms with Crippen LogP contribution in [0.5, 0.6) is 0 Å². The zero-order valence-corrected chi connectivity index (χ0v) is 12.8. The fourth-order valence-corrected chi connectivity index (χ4v) is 1.99. The molecule has 0 heterocycles. The van der Waals surface area contributed by atoms with Crippen LogP contribution in [0, 0.1) is 0 Å². The maximum Gasteiger partial charge on any atom is 0.335 e. The minimum absolute atomic E-state index is 0.0800. The Morgan fingerprint density at radius 2 is 2.05 bits per heavy atom. The van der Waals surface area contributed by atoms with Crippen LogP contribution in [0.25, 0.3) is 0 Å². The average Bonchev–Trinajstić information content (AvgIpc) is 2.37. The predicted octanol–water partition coefficient (Wildman–Crippen LogP) is 2.38. The lowest BCUT2D eigenvalue weighted by molar-refractivity contribution is 0.0697. The Balaban J connectivity index is 2.94. The first kappa shape index (κ1) is 16.5. The number of anilines is 1. The van der Waals surface area contributed by atoms with Crippen molar-refractivity contribution in [2.75, 3.05) is 18.5 Å². The number of carboxylic acid groups (broad SMARTS) is 1. The third-order valence-corrected chi connectivity index (χ3v) is 3.37. The number of carbonyl (C=O) groups excluding carboxylic acids is 1. The number of aliphatic hydroxyl groups excluding tert-OH is 1. The van der Waals surface area contributed by atoms with E-state index in [4.69, 9.17) is 10.2 Å². The van der Waals surface area contributed by atoms with E-state index in [1.165, 1.54) is 17.0 Å². The summed E-state index contributed by atoms with van der Waals surface area (Å²) in [5.74, 6) is -1.07. The van der Waals surface area contributed by atoms with Gasteiger partial charge in [-0.1, -0.05) is 0 Å². The van der Waals surface area contributed by atoms with Gasteiger partial charge in [-0.2, -0.15) is 0 Å². The molecule has 0 fully saturated rings. The topological polar surface area (TPSA) is 89.9 Å². The maximum absolute atomic E-state index is 12.1. The Kier molecular flexibility index (Phi) is 5.97. The second-order valence-electron chi connectivity index (χ2n) is 4.44. The van der Waals surface area contributed by atoms with Gasteiger partial charge in [0.15, 0.2) is 0 Å². The van der Waals surface area contributed by atoms with Crippen molar-refractivity contribution in [3.8, 4) is 0 Å². The molecule has 7 heteroatoms. The number of halogens is 1. The summed E-state index contributed by atoms with van der Waals surface area (Å²) < 4.78 is 0.587. The summed E-state index contributed by atoms with van der Waals surface area (Å²) in [5.41, 5.74) is 0.459. The van der Waals surface area contributed by atoms with E-state index in [-0.39, 0.29) is 24.8 Å². The zero-order valence-electron chi connectivity index (χ0n) is 11.3. The molecule has 2 amide bonds. The minimum atomic E-state index is -1.07. The number of nitrogens with one attached hydrogen (secondary N) is 1. The summed E-state index contributed by atoms with van der Waals surface area (Å²) >= 11 is 3.26. The maximum atomic E-state index is 12.1. The van der Waals surface area contributed by atoms with Crippen LogP contribution >= 0.6 is 15.9 Å². The van der Waals surface area contributed by atoms with Crippen LogP contribution in [0.1, 0.15) is 24.2 Å². The molecule has 0 aliphatic rings. The Bertz CT molecular complexity index is 505. The molecule has 6 nitrogen and oxygen atoms in total. The number of hydrogen-bond acceptors (Lipinski definition) is 3. The molecular weight excluding hydrogens is 328 g/mol. The Hall–Kier alpha value is -1.60. The summed E-state index contributed by atoms with van der Waals surface area (Å²) in [6.45, 7) is 3.73. The first-order valence-corrected chi connectivity index (χ1v) is 6.87. The number of carbonyl (C=O) groups is 2. The smallest absolute Gasteiger partial charge is 0.335 e. The quantitative estimate of drug-likeness (QED) is 0.764. The van der Waals surface area contributed by atoms with E-state index in [2.05, 4.69) is 21.2 Å². The predicted molar refractivity (Wildman–Crippen MR) is 79.0 cm³/mol. The number of aliphatic hydroxyl groups is 1. The summed E-state index contributed by atoms with van der Waals surface area (Å²) in [6, 6.07) is 3.91. The number of nitrogens with zero attached hydrogens (tertiary/aromatic N) is 1. The Morgan fingerprint density at radius 3 is 2.55 bits per heavy atom. The molecule has 0 saturated heterocycles. The molecule has 0 aliphatic heterocycles. The zero-order chi connectivity index (χ0) is 15.3. The van der Waals surface area contributed by atoms with Crippen molar-refractivity contribution in [3.63, 3.8) is 0 Å². The van der Waals surface area contributed by atoms with Gasteiger partial charge in [0.05, 0.1) is 17.9 Å². The third kappa shape index (κ3) is 4.21. The first-order valence-electron chi connectivity index (χ1n) is 6.08. The van der Waals surface area contributed by atoms with Gasteiger partial charge in [0.1, 0.15) is 0 Å². The molecule has 0 saturated carbocycles. The SMILES string of the molecule is CC(C)N(CCO)C(=O)Nc1cc(C(=O)O)ccc1Br. The third-order valence-electron chi connectivity index (χ3n) is 2.68. The highest BCUT2D eigenvalue weighted by molar-refractivity contribution is 9.10. The highest BCUT2D eigenvalue weighted by Gasteiger charge is 2.18. The molecule has 0 aliphatic carbocycles. The Morgan fingerprint density at radius 1 is 1.40 bits per heavy atom. The Labute approximate surface area is 125 Å². The first-order chi connectivity index (χ1) is 9.36. The fourth-order valence-electron chi connectivity index (χ4n) is 1.64. The second kappa shape index (κ2) is 7.25. The van der Waals surface area contributed by atoms with Gasteiger partial charge in [-0.25, -0.2) is 9.59 Å². The van der Waals surface area contributed by atoms with Gasteiger partial charge in [-0.15, -0.1) is 0 Å². The van der Waals surface area contributed by atoms with Crippen molar-refractivity contribution in [1.82, 2.24) is 4.90 Å². The van der Waals surface area contributed by atoms with Crippen LogP contribution in [0.3, 0.4) is 0 Å². The van der Waals surface area contributed by atoms with Crippen molar-refractivity contribution in [2.24, 2.45) is 0 Å². The molecule has 0 atom stereocenters. The van der Waals surface area contributed by atoms with Crippen LogP contribution in [0.15, 0.2) is 22.7 Å². The highest BCUT2D eigenvalue weighted by Crippen LogP contribution is 2.24. The second-order valence-corrected chi connectivity index (χ2v) is 5.30. The van der Waals surface area contributed by atoms with Crippen molar-refractivity contribution in [2.45, 2.75) is 19.9 Å². The summed E-state index contributed by atoms with van der Waals surface area (Å²) in [7, 11) is 0. The molecule has 110 valence electrons. The number of amides is 2. The highest BCUT2D eigenvalue weighted by atomic mass is 79.9. The molecular formula is C13H17BrN2O4. The number of hydrogen-bond donors (Lipinski definition) is 3. The number of urea groups is 1. The molecule has 1 aromatic rings. The van der Waals surface area contributed by atoms with E-state index in [9.17, 15) is 9.59 Å². The monoisotopic (exact) mass is 344 g/mol. The van der Waals surface area contributed by atoms with E-state index in [0.29, 0.717) is 10.2 Å². The van der Waals surface area contributed by atoms with Gasteiger partial charge in [-0.3, -0.25) is 0 Å². The molecule has 1 rings (SSSR count). The number of aromatic carboxylic acids is 1. The standard InChI is InChI=1S/C13H17BrN2O4/c1-8(2)16(5-6-17)13(20)15-11-7-9(12(18)19)3-4-10(11)14/h3-4,7-8,17H,5-6H2,1-2H3,(H,15,20)(H,18,19). The normalized spacial score (nSPS) is 10.4. The molecule has 3 N–H and O–H groups in total. The minimum Gasteiger partial charge on any atom is -0.478 e. The largest absolute Gasteiger partial charge is 0.478 e. The van der Waals surface area contributed by atoms with Crippen LogP contribution in [0.4, 0.5) is 10.5 Å². The van der Waals surface area contributed by atoms with Gasteiger partial charge in [0.2, 0.25) is 0 Å². The molecule has 0 radical (unpaired) electrons. The van der Waals surface area contributed by atoms with Crippen LogP contribution < -0.4 is 5.32 Å². The van der Waals surface area contributed by atoms with Gasteiger partial charge in [0, 0.05) is 17.1 Å².